The van der Waals surface area contributed by atoms with E-state index < -0.39 is 22.0 Å². The summed E-state index contributed by atoms with van der Waals surface area (Å²) in [5.41, 5.74) is 7.46. The summed E-state index contributed by atoms with van der Waals surface area (Å²) in [7, 11) is -3.81. The van der Waals surface area contributed by atoms with Crippen molar-refractivity contribution in [1.29, 1.82) is 0 Å². The van der Waals surface area contributed by atoms with Gasteiger partial charge in [0.1, 0.15) is 0 Å². The lowest BCUT2D eigenvalue weighted by atomic mass is 9.85. The van der Waals surface area contributed by atoms with Crippen LogP contribution in [0.3, 0.4) is 0 Å². The van der Waals surface area contributed by atoms with E-state index in [0.717, 1.165) is 17.9 Å². The molecule has 0 aliphatic heterocycles. The predicted molar refractivity (Wildman–Crippen MR) is 122 cm³/mol. The summed E-state index contributed by atoms with van der Waals surface area (Å²) in [6.07, 6.45) is 8.28. The Morgan fingerprint density at radius 2 is 1.73 bits per heavy atom. The summed E-state index contributed by atoms with van der Waals surface area (Å²) in [4.78, 5) is 12.1. The number of nitrogens with two attached hydrogens (primary N) is 1. The molecule has 1 aromatic rings. The first kappa shape index (κ1) is 24.8. The highest BCUT2D eigenvalue weighted by Crippen LogP contribution is 2.27. The third-order valence-electron chi connectivity index (χ3n) is 5.83. The van der Waals surface area contributed by atoms with Gasteiger partial charge >= 0.3 is 0 Å². The van der Waals surface area contributed by atoms with Crippen molar-refractivity contribution in [3.63, 3.8) is 0 Å². The molecule has 2 unspecified atom stereocenters. The van der Waals surface area contributed by atoms with Crippen LogP contribution in [0.25, 0.3) is 0 Å². The number of benzene rings is 1. The molecule has 0 bridgehead atoms. The van der Waals surface area contributed by atoms with Gasteiger partial charge in [-0.1, -0.05) is 70.2 Å². The topological polar surface area (TPSA) is 101 Å². The van der Waals surface area contributed by atoms with Gasteiger partial charge < -0.3 is 11.1 Å². The van der Waals surface area contributed by atoms with Crippen molar-refractivity contribution in [2.24, 2.45) is 17.6 Å². The first-order chi connectivity index (χ1) is 14.2. The number of amides is 1. The largest absolute Gasteiger partial charge is 0.320 e. The third kappa shape index (κ3) is 8.74. The zero-order chi connectivity index (χ0) is 22.1. The second-order valence-electron chi connectivity index (χ2n) is 9.25. The highest BCUT2D eigenvalue weighted by atomic mass is 32.2. The molecular formula is C23H39N3O3S. The van der Waals surface area contributed by atoms with E-state index in [-0.39, 0.29) is 11.7 Å². The van der Waals surface area contributed by atoms with E-state index in [1.807, 2.05) is 32.0 Å². The molecule has 0 heterocycles. The molecule has 170 valence electrons. The second-order valence-corrected chi connectivity index (χ2v) is 11.0. The summed E-state index contributed by atoms with van der Waals surface area (Å²) < 4.78 is 27.2. The zero-order valence-electron chi connectivity index (χ0n) is 18.7. The van der Waals surface area contributed by atoms with E-state index in [2.05, 4.69) is 17.0 Å². The Morgan fingerprint density at radius 3 is 2.37 bits per heavy atom. The number of carbonyl (C=O) groups excluding carboxylic acids is 1. The van der Waals surface area contributed by atoms with E-state index in [1.165, 1.54) is 32.1 Å². The summed E-state index contributed by atoms with van der Waals surface area (Å²) in [5.74, 6) is 0.139. The van der Waals surface area contributed by atoms with Gasteiger partial charge in [-0.3, -0.25) is 9.52 Å². The number of hydrogen-bond acceptors (Lipinski definition) is 5. The van der Waals surface area contributed by atoms with Gasteiger partial charge in [0.25, 0.3) is 0 Å². The van der Waals surface area contributed by atoms with Gasteiger partial charge in [0.2, 0.25) is 15.9 Å². The highest BCUT2D eigenvalue weighted by Gasteiger charge is 2.22. The van der Waals surface area contributed by atoms with Crippen LogP contribution in [-0.2, 0) is 27.1 Å². The molecule has 1 saturated carbocycles. The SMILES string of the molecule is CC(C)CC(N)C(=O)NS(=O)(=O)Cc1ccccc1CNC(C)CC1CCCCC1. The van der Waals surface area contributed by atoms with Crippen molar-refractivity contribution >= 4 is 15.9 Å². The van der Waals surface area contributed by atoms with Crippen LogP contribution in [0.5, 0.6) is 0 Å². The van der Waals surface area contributed by atoms with Crippen LogP contribution in [-0.4, -0.2) is 26.4 Å². The quantitative estimate of drug-likeness (QED) is 0.492. The first-order valence-corrected chi connectivity index (χ1v) is 12.9. The Balaban J connectivity index is 1.92. The van der Waals surface area contributed by atoms with Gasteiger partial charge in [-0.15, -0.1) is 0 Å². The fourth-order valence-corrected chi connectivity index (χ4v) is 5.47. The fraction of sp³-hybridized carbons (Fsp3) is 0.696. The minimum atomic E-state index is -3.81. The maximum absolute atomic E-state index is 12.5. The molecule has 2 atom stereocenters. The summed E-state index contributed by atoms with van der Waals surface area (Å²) in [6.45, 7) is 6.70. The summed E-state index contributed by atoms with van der Waals surface area (Å²) in [6, 6.07) is 7.05. The van der Waals surface area contributed by atoms with Gasteiger partial charge in [0.05, 0.1) is 11.8 Å². The van der Waals surface area contributed by atoms with Crippen LogP contribution in [0, 0.1) is 11.8 Å². The maximum atomic E-state index is 12.5. The lowest BCUT2D eigenvalue weighted by Gasteiger charge is -2.25. The van der Waals surface area contributed by atoms with E-state index in [9.17, 15) is 13.2 Å². The molecule has 1 aromatic carbocycles. The molecule has 1 aliphatic rings. The van der Waals surface area contributed by atoms with Crippen molar-refractivity contribution < 1.29 is 13.2 Å². The van der Waals surface area contributed by atoms with E-state index >= 15 is 0 Å². The number of nitrogens with one attached hydrogen (secondary N) is 2. The van der Waals surface area contributed by atoms with Gasteiger partial charge in [0, 0.05) is 12.6 Å². The van der Waals surface area contributed by atoms with Gasteiger partial charge in [0.15, 0.2) is 0 Å². The smallest absolute Gasteiger partial charge is 0.250 e. The van der Waals surface area contributed by atoms with Crippen LogP contribution >= 0.6 is 0 Å². The van der Waals surface area contributed by atoms with Crippen molar-refractivity contribution in [2.75, 3.05) is 0 Å². The monoisotopic (exact) mass is 437 g/mol. The van der Waals surface area contributed by atoms with Crippen molar-refractivity contribution in [1.82, 2.24) is 10.0 Å². The van der Waals surface area contributed by atoms with Crippen LogP contribution < -0.4 is 15.8 Å². The summed E-state index contributed by atoms with van der Waals surface area (Å²) in [5, 5.41) is 3.55. The van der Waals surface area contributed by atoms with Crippen molar-refractivity contribution in [3.05, 3.63) is 35.4 Å². The second kappa shape index (κ2) is 11.8. The molecule has 0 radical (unpaired) electrons. The molecule has 0 aromatic heterocycles. The number of rotatable bonds is 11. The number of hydrogen-bond donors (Lipinski definition) is 3. The first-order valence-electron chi connectivity index (χ1n) is 11.3. The van der Waals surface area contributed by atoms with Gasteiger partial charge in [-0.25, -0.2) is 8.42 Å². The molecule has 6 nitrogen and oxygen atoms in total. The van der Waals surface area contributed by atoms with Gasteiger partial charge in [-0.2, -0.15) is 0 Å². The molecule has 30 heavy (non-hydrogen) atoms. The standard InChI is InChI=1S/C23H39N3O3S/c1-17(2)13-22(24)23(27)26-30(28,29)16-21-12-8-7-11-20(21)15-25-18(3)14-19-9-5-4-6-10-19/h7-8,11-12,17-19,22,25H,4-6,9-10,13-16,24H2,1-3H3,(H,26,27). The summed E-state index contributed by atoms with van der Waals surface area (Å²) >= 11 is 0. The van der Waals surface area contributed by atoms with Crippen molar-refractivity contribution in [3.8, 4) is 0 Å². The third-order valence-corrected chi connectivity index (χ3v) is 7.04. The maximum Gasteiger partial charge on any atom is 0.250 e. The van der Waals surface area contributed by atoms with E-state index in [0.29, 0.717) is 24.6 Å². The van der Waals surface area contributed by atoms with E-state index in [4.69, 9.17) is 5.73 Å². The van der Waals surface area contributed by atoms with Crippen LogP contribution in [0.4, 0.5) is 0 Å². The van der Waals surface area contributed by atoms with E-state index in [1.54, 1.807) is 6.07 Å². The average molecular weight is 438 g/mol. The molecule has 1 amide bonds. The molecule has 4 N–H and O–H groups in total. The van der Waals surface area contributed by atoms with Crippen LogP contribution in [0.15, 0.2) is 24.3 Å². The average Bonchev–Trinajstić information content (AvgIpc) is 2.67. The molecule has 2 rings (SSSR count). The van der Waals surface area contributed by atoms with Crippen molar-refractivity contribution in [2.45, 2.75) is 90.1 Å². The Hall–Kier alpha value is -1.44. The Kier molecular flexibility index (Phi) is 9.78. The molecule has 0 saturated heterocycles. The lowest BCUT2D eigenvalue weighted by molar-refractivity contribution is -0.120. The Morgan fingerprint density at radius 1 is 1.10 bits per heavy atom. The molecule has 1 aliphatic carbocycles. The minimum Gasteiger partial charge on any atom is -0.320 e. The highest BCUT2D eigenvalue weighted by molar-refractivity contribution is 7.89. The molecular weight excluding hydrogens is 398 g/mol. The van der Waals surface area contributed by atoms with Crippen LogP contribution in [0.2, 0.25) is 0 Å². The van der Waals surface area contributed by atoms with Gasteiger partial charge in [-0.05, 0) is 42.7 Å². The van der Waals surface area contributed by atoms with Crippen LogP contribution in [0.1, 0.15) is 76.8 Å². The Labute approximate surface area is 182 Å². The molecule has 1 fully saturated rings. The Bertz CT molecular complexity index is 774. The predicted octanol–water partition coefficient (Wildman–Crippen LogP) is 3.45. The number of carbonyl (C=O) groups is 1. The zero-order valence-corrected chi connectivity index (χ0v) is 19.5. The number of sulfonamides is 1. The minimum absolute atomic E-state index is 0.218. The fourth-order valence-electron chi connectivity index (χ4n) is 4.25. The molecule has 0 spiro atoms. The lowest BCUT2D eigenvalue weighted by Crippen LogP contribution is -2.44. The molecule has 7 heteroatoms. The normalized spacial score (nSPS) is 17.6.